The number of carbonyl (C=O) groups excluding carboxylic acids is 2. The van der Waals surface area contributed by atoms with Crippen LogP contribution in [-0.2, 0) is 18.8 Å². The van der Waals surface area contributed by atoms with Gasteiger partial charge in [0.05, 0.1) is 6.61 Å². The van der Waals surface area contributed by atoms with E-state index in [0.29, 0.717) is 6.61 Å². The Morgan fingerprint density at radius 2 is 1.44 bits per heavy atom. The first-order valence-corrected chi connectivity index (χ1v) is 17.1. The van der Waals surface area contributed by atoms with Crippen molar-refractivity contribution in [2.75, 3.05) is 13.2 Å². The fourth-order valence-electron chi connectivity index (χ4n) is 6.55. The third kappa shape index (κ3) is 7.08. The molecule has 226 valence electrons. The molecule has 6 heteroatoms. The molecule has 0 bridgehead atoms. The van der Waals surface area contributed by atoms with Gasteiger partial charge in [0, 0.05) is 24.6 Å². The van der Waals surface area contributed by atoms with E-state index in [1.807, 2.05) is 55.5 Å². The molecule has 1 aliphatic rings. The van der Waals surface area contributed by atoms with Crippen molar-refractivity contribution in [2.24, 2.45) is 23.7 Å². The molecular formula is C37H45NO4Si. The van der Waals surface area contributed by atoms with Crippen molar-refractivity contribution < 1.29 is 18.8 Å². The Kier molecular flexibility index (Phi) is 10.6. The van der Waals surface area contributed by atoms with E-state index in [2.05, 4.69) is 87.6 Å². The summed E-state index contributed by atoms with van der Waals surface area (Å²) in [4.78, 5) is 26.8. The van der Waals surface area contributed by atoms with Crippen LogP contribution in [-0.4, -0.2) is 33.4 Å². The van der Waals surface area contributed by atoms with Gasteiger partial charge in [0.1, 0.15) is 5.92 Å². The molecule has 0 saturated heterocycles. The molecule has 0 aliphatic heterocycles. The first kappa shape index (κ1) is 32.2. The van der Waals surface area contributed by atoms with Crippen molar-refractivity contribution in [3.05, 3.63) is 114 Å². The Bertz CT molecular complexity index is 1370. The van der Waals surface area contributed by atoms with Crippen molar-refractivity contribution in [3.8, 4) is 0 Å². The van der Waals surface area contributed by atoms with Crippen LogP contribution in [0.5, 0.6) is 0 Å². The largest absolute Gasteiger partial charge is 0.465 e. The molecule has 0 aromatic heterocycles. The molecule has 5 nitrogen and oxygen atoms in total. The van der Waals surface area contributed by atoms with Gasteiger partial charge in [-0.15, -0.1) is 0 Å². The summed E-state index contributed by atoms with van der Waals surface area (Å²) in [5.74, 6) is -2.07. The first-order chi connectivity index (χ1) is 20.6. The van der Waals surface area contributed by atoms with Gasteiger partial charge < -0.3 is 14.5 Å². The highest BCUT2D eigenvalue weighted by Crippen LogP contribution is 2.43. The monoisotopic (exact) mass is 595 g/mol. The SMILES string of the molecule is CCOC(=O)C(C(=O)N/C=C/c1ccccc1)[C@H]1C(C)=C[C@@H](CO[Si](c2ccccc2)(c2ccccc2)C(C)(C)C)[C@@H]1C. The number of rotatable bonds is 11. The Labute approximate surface area is 258 Å². The number of esters is 1. The van der Waals surface area contributed by atoms with Gasteiger partial charge in [-0.2, -0.15) is 0 Å². The first-order valence-electron chi connectivity index (χ1n) is 15.2. The molecule has 0 spiro atoms. The number of benzene rings is 3. The fraction of sp³-hybridized carbons (Fsp3) is 0.351. The van der Waals surface area contributed by atoms with Crippen molar-refractivity contribution in [1.29, 1.82) is 0 Å². The Morgan fingerprint density at radius 3 is 1.95 bits per heavy atom. The molecular weight excluding hydrogens is 550 g/mol. The molecule has 0 fully saturated rings. The second kappa shape index (κ2) is 14.2. The average Bonchev–Trinajstić information content (AvgIpc) is 3.27. The van der Waals surface area contributed by atoms with Crippen LogP contribution in [0.1, 0.15) is 47.1 Å². The van der Waals surface area contributed by atoms with Crippen LogP contribution >= 0.6 is 0 Å². The van der Waals surface area contributed by atoms with Gasteiger partial charge in [0.2, 0.25) is 5.91 Å². The van der Waals surface area contributed by atoms with E-state index in [9.17, 15) is 9.59 Å². The summed E-state index contributed by atoms with van der Waals surface area (Å²) in [5.41, 5.74) is 1.98. The van der Waals surface area contributed by atoms with E-state index < -0.39 is 20.2 Å². The summed E-state index contributed by atoms with van der Waals surface area (Å²) in [6.07, 6.45) is 5.63. The average molecular weight is 596 g/mol. The third-order valence-electron chi connectivity index (χ3n) is 8.64. The third-order valence-corrected chi connectivity index (χ3v) is 13.6. The van der Waals surface area contributed by atoms with Crippen LogP contribution in [0.15, 0.2) is 109 Å². The lowest BCUT2D eigenvalue weighted by Crippen LogP contribution is -2.67. The summed E-state index contributed by atoms with van der Waals surface area (Å²) < 4.78 is 12.7. The lowest BCUT2D eigenvalue weighted by atomic mass is 9.78. The lowest BCUT2D eigenvalue weighted by Gasteiger charge is -2.44. The van der Waals surface area contributed by atoms with Crippen LogP contribution in [0, 0.1) is 23.7 Å². The summed E-state index contributed by atoms with van der Waals surface area (Å²) in [6.45, 7) is 13.4. The van der Waals surface area contributed by atoms with E-state index in [0.717, 1.165) is 11.1 Å². The van der Waals surface area contributed by atoms with Crippen LogP contribution in [0.25, 0.3) is 6.08 Å². The Hall–Kier alpha value is -3.74. The molecule has 1 amide bonds. The number of hydrogen-bond acceptors (Lipinski definition) is 4. The lowest BCUT2D eigenvalue weighted by molar-refractivity contribution is -0.154. The quantitative estimate of drug-likeness (QED) is 0.121. The van der Waals surface area contributed by atoms with Gasteiger partial charge in [0.15, 0.2) is 0 Å². The maximum absolute atomic E-state index is 13.5. The number of ether oxygens (including phenoxy) is 1. The zero-order valence-electron chi connectivity index (χ0n) is 26.2. The highest BCUT2D eigenvalue weighted by atomic mass is 28.4. The minimum absolute atomic E-state index is 0.00326. The minimum atomic E-state index is -2.73. The molecule has 1 unspecified atom stereocenters. The van der Waals surface area contributed by atoms with E-state index >= 15 is 0 Å². The molecule has 1 aliphatic carbocycles. The van der Waals surface area contributed by atoms with Gasteiger partial charge in [-0.05, 0) is 46.8 Å². The minimum Gasteiger partial charge on any atom is -0.465 e. The maximum atomic E-state index is 13.5. The number of hydrogen-bond donors (Lipinski definition) is 1. The summed E-state index contributed by atoms with van der Waals surface area (Å²) in [5, 5.41) is 5.16. The molecule has 4 rings (SSSR count). The zero-order chi connectivity index (χ0) is 31.0. The van der Waals surface area contributed by atoms with Crippen LogP contribution in [0.2, 0.25) is 5.04 Å². The summed E-state index contributed by atoms with van der Waals surface area (Å²) in [7, 11) is -2.73. The van der Waals surface area contributed by atoms with Gasteiger partial charge >= 0.3 is 5.97 Å². The van der Waals surface area contributed by atoms with Gasteiger partial charge in [-0.1, -0.05) is 130 Å². The maximum Gasteiger partial charge on any atom is 0.319 e. The van der Waals surface area contributed by atoms with E-state index in [1.54, 1.807) is 13.1 Å². The van der Waals surface area contributed by atoms with E-state index in [-0.39, 0.29) is 35.3 Å². The highest BCUT2D eigenvalue weighted by Gasteiger charge is 2.51. The van der Waals surface area contributed by atoms with E-state index in [4.69, 9.17) is 9.16 Å². The molecule has 0 radical (unpaired) electrons. The number of allylic oxidation sites excluding steroid dienone is 1. The van der Waals surface area contributed by atoms with Gasteiger partial charge in [-0.25, -0.2) is 0 Å². The number of amides is 1. The predicted molar refractivity (Wildman–Crippen MR) is 177 cm³/mol. The fourth-order valence-corrected chi connectivity index (χ4v) is 11.2. The zero-order valence-corrected chi connectivity index (χ0v) is 27.2. The topological polar surface area (TPSA) is 64.6 Å². The normalized spacial score (nSPS) is 19.6. The van der Waals surface area contributed by atoms with Crippen molar-refractivity contribution in [1.82, 2.24) is 5.32 Å². The Balaban J connectivity index is 1.60. The second-order valence-electron chi connectivity index (χ2n) is 12.4. The molecule has 3 aromatic rings. The molecule has 43 heavy (non-hydrogen) atoms. The van der Waals surface area contributed by atoms with Crippen LogP contribution < -0.4 is 15.7 Å². The summed E-state index contributed by atoms with van der Waals surface area (Å²) in [6, 6.07) is 30.9. The molecule has 0 saturated carbocycles. The van der Waals surface area contributed by atoms with Crippen molar-refractivity contribution in [3.63, 3.8) is 0 Å². The molecule has 4 atom stereocenters. The standard InChI is InChI=1S/C37H45NO4Si/c1-7-41-36(40)34(35(39)38-24-23-29-17-11-8-12-18-29)33-27(2)25-30(28(33)3)26-42-43(37(4,5)6,31-19-13-9-14-20-31)32-21-15-10-16-22-32/h8-25,28,30,33-34H,7,26H2,1-6H3,(H,38,39)/b24-23+/t28-,30-,33-,34?/m0/s1. The molecule has 3 aromatic carbocycles. The second-order valence-corrected chi connectivity index (χ2v) is 16.7. The van der Waals surface area contributed by atoms with E-state index in [1.165, 1.54) is 10.4 Å². The molecule has 1 N–H and O–H groups in total. The number of nitrogens with one attached hydrogen (secondary N) is 1. The smallest absolute Gasteiger partial charge is 0.319 e. The number of carbonyl (C=O) groups is 2. The summed E-state index contributed by atoms with van der Waals surface area (Å²) >= 11 is 0. The van der Waals surface area contributed by atoms with Crippen molar-refractivity contribution >= 4 is 36.6 Å². The van der Waals surface area contributed by atoms with Gasteiger partial charge in [0.25, 0.3) is 8.32 Å². The van der Waals surface area contributed by atoms with Crippen molar-refractivity contribution in [2.45, 2.75) is 46.6 Å². The highest BCUT2D eigenvalue weighted by molar-refractivity contribution is 6.99. The molecule has 0 heterocycles. The predicted octanol–water partition coefficient (Wildman–Crippen LogP) is 6.36. The van der Waals surface area contributed by atoms with Gasteiger partial charge in [-0.3, -0.25) is 9.59 Å². The van der Waals surface area contributed by atoms with Crippen LogP contribution in [0.3, 0.4) is 0 Å². The van der Waals surface area contributed by atoms with Crippen LogP contribution in [0.4, 0.5) is 0 Å². The Morgan fingerprint density at radius 1 is 0.907 bits per heavy atom.